The van der Waals surface area contributed by atoms with Gasteiger partial charge >= 0.3 is 0 Å². The first-order valence-electron chi connectivity index (χ1n) is 4.89. The molecule has 5 heteroatoms. The molecule has 4 nitrogen and oxygen atoms in total. The van der Waals surface area contributed by atoms with Gasteiger partial charge in [0.1, 0.15) is 0 Å². The molecule has 1 aromatic rings. The molecule has 0 aromatic carbocycles. The Morgan fingerprint density at radius 3 is 2.71 bits per heavy atom. The normalized spacial score (nSPS) is 20.1. The number of nitrogens with zero attached hydrogens (tertiary/aromatic N) is 3. The molecule has 0 bridgehead atoms. The highest BCUT2D eigenvalue weighted by atomic mass is 127. The van der Waals surface area contributed by atoms with Gasteiger partial charge in [-0.3, -0.25) is 4.90 Å². The summed E-state index contributed by atoms with van der Waals surface area (Å²) in [6.07, 6.45) is 2.54. The molecule has 78 valence electrons. The van der Waals surface area contributed by atoms with Crippen LogP contribution < -0.4 is 0 Å². The Morgan fingerprint density at radius 1 is 1.43 bits per heavy atom. The summed E-state index contributed by atoms with van der Waals surface area (Å²) in [4.78, 5) is 2.38. The van der Waals surface area contributed by atoms with Crippen molar-refractivity contribution in [2.24, 2.45) is 0 Å². The van der Waals surface area contributed by atoms with Crippen molar-refractivity contribution in [3.8, 4) is 0 Å². The van der Waals surface area contributed by atoms with Crippen molar-refractivity contribution >= 4 is 22.6 Å². The summed E-state index contributed by atoms with van der Waals surface area (Å²) in [5.74, 6) is 1.40. The summed E-state index contributed by atoms with van der Waals surface area (Å²) < 4.78 is 6.19. The van der Waals surface area contributed by atoms with E-state index in [1.807, 2.05) is 6.92 Å². The van der Waals surface area contributed by atoms with Crippen LogP contribution in [0, 0.1) is 6.92 Å². The van der Waals surface area contributed by atoms with Gasteiger partial charge in [0.2, 0.25) is 11.8 Å². The highest BCUT2D eigenvalue weighted by molar-refractivity contribution is 14.1. The average Bonchev–Trinajstić information content (AvgIpc) is 2.56. The Bertz CT molecular complexity index is 294. The van der Waals surface area contributed by atoms with Crippen LogP contribution in [0.1, 0.15) is 24.6 Å². The Hall–Kier alpha value is -0.170. The van der Waals surface area contributed by atoms with Crippen LogP contribution in [0.2, 0.25) is 0 Å². The van der Waals surface area contributed by atoms with E-state index in [0.717, 1.165) is 29.4 Å². The van der Waals surface area contributed by atoms with Crippen LogP contribution in [-0.2, 0) is 6.54 Å². The predicted octanol–water partition coefficient (Wildman–Crippen LogP) is 1.78. The fourth-order valence-corrected chi connectivity index (χ4v) is 2.21. The summed E-state index contributed by atoms with van der Waals surface area (Å²) >= 11 is 2.52. The average molecular weight is 307 g/mol. The van der Waals surface area contributed by atoms with Crippen LogP contribution >= 0.6 is 22.6 Å². The number of aryl methyl sites for hydroxylation is 1. The standard InChI is InChI=1S/C9H14IN3O/c1-7-11-12-9(14-7)6-13-4-2-8(10)3-5-13/h8H,2-6H2,1H3. The second-order valence-corrected chi connectivity index (χ2v) is 5.43. The Balaban J connectivity index is 1.86. The molecule has 1 aliphatic heterocycles. The molecule has 1 fully saturated rings. The van der Waals surface area contributed by atoms with Gasteiger partial charge in [0.15, 0.2) is 0 Å². The van der Waals surface area contributed by atoms with Gasteiger partial charge < -0.3 is 4.42 Å². The molecule has 0 radical (unpaired) electrons. The minimum Gasteiger partial charge on any atom is -0.424 e. The van der Waals surface area contributed by atoms with Gasteiger partial charge in [-0.2, -0.15) is 0 Å². The molecule has 0 atom stereocenters. The highest BCUT2D eigenvalue weighted by Gasteiger charge is 2.18. The molecule has 0 saturated carbocycles. The van der Waals surface area contributed by atoms with Gasteiger partial charge in [-0.25, -0.2) is 0 Å². The monoisotopic (exact) mass is 307 g/mol. The topological polar surface area (TPSA) is 42.2 Å². The lowest BCUT2D eigenvalue weighted by atomic mass is 10.1. The van der Waals surface area contributed by atoms with Gasteiger partial charge in [0, 0.05) is 10.8 Å². The minimum absolute atomic E-state index is 0.656. The second kappa shape index (κ2) is 4.57. The molecule has 0 unspecified atom stereocenters. The number of hydrogen-bond acceptors (Lipinski definition) is 4. The maximum absolute atomic E-state index is 5.35. The molecule has 0 spiro atoms. The van der Waals surface area contributed by atoms with E-state index in [1.54, 1.807) is 0 Å². The van der Waals surface area contributed by atoms with Crippen molar-refractivity contribution in [3.05, 3.63) is 11.8 Å². The summed E-state index contributed by atoms with van der Waals surface area (Å²) in [6, 6.07) is 0. The van der Waals surface area contributed by atoms with E-state index in [1.165, 1.54) is 12.8 Å². The summed E-state index contributed by atoms with van der Waals surface area (Å²) in [5.41, 5.74) is 0. The SMILES string of the molecule is Cc1nnc(CN2CCC(I)CC2)o1. The first kappa shape index (κ1) is 10.4. The molecule has 0 N–H and O–H groups in total. The zero-order valence-electron chi connectivity index (χ0n) is 8.24. The number of alkyl halides is 1. The molecule has 0 aliphatic carbocycles. The maximum atomic E-state index is 5.35. The largest absolute Gasteiger partial charge is 0.424 e. The molecule has 1 aromatic heterocycles. The number of likely N-dealkylation sites (tertiary alicyclic amines) is 1. The molecule has 1 aliphatic rings. The summed E-state index contributed by atoms with van der Waals surface area (Å²) in [5, 5.41) is 7.82. The number of rotatable bonds is 2. The number of aromatic nitrogens is 2. The maximum Gasteiger partial charge on any atom is 0.230 e. The molecule has 1 saturated heterocycles. The van der Waals surface area contributed by atoms with Crippen LogP contribution in [0.25, 0.3) is 0 Å². The van der Waals surface area contributed by atoms with E-state index in [4.69, 9.17) is 4.42 Å². The Labute approximate surface area is 97.2 Å². The lowest BCUT2D eigenvalue weighted by Crippen LogP contribution is -2.33. The van der Waals surface area contributed by atoms with Crippen molar-refractivity contribution in [1.29, 1.82) is 0 Å². The van der Waals surface area contributed by atoms with Crippen LogP contribution in [-0.4, -0.2) is 32.1 Å². The van der Waals surface area contributed by atoms with E-state index in [-0.39, 0.29) is 0 Å². The lowest BCUT2D eigenvalue weighted by molar-refractivity contribution is 0.206. The van der Waals surface area contributed by atoms with Crippen LogP contribution in [0.15, 0.2) is 4.42 Å². The van der Waals surface area contributed by atoms with Gasteiger partial charge in [-0.15, -0.1) is 10.2 Å². The first-order valence-corrected chi connectivity index (χ1v) is 6.14. The Morgan fingerprint density at radius 2 is 2.14 bits per heavy atom. The van der Waals surface area contributed by atoms with Crippen molar-refractivity contribution in [3.63, 3.8) is 0 Å². The lowest BCUT2D eigenvalue weighted by Gasteiger charge is -2.27. The fraction of sp³-hybridized carbons (Fsp3) is 0.778. The van der Waals surface area contributed by atoms with E-state index in [2.05, 4.69) is 37.7 Å². The second-order valence-electron chi connectivity index (χ2n) is 3.67. The third-order valence-electron chi connectivity index (χ3n) is 2.44. The number of hydrogen-bond donors (Lipinski definition) is 0. The molecular weight excluding hydrogens is 293 g/mol. The van der Waals surface area contributed by atoms with Gasteiger partial charge in [-0.1, -0.05) is 22.6 Å². The van der Waals surface area contributed by atoms with Crippen molar-refractivity contribution < 1.29 is 4.42 Å². The van der Waals surface area contributed by atoms with Crippen LogP contribution in [0.5, 0.6) is 0 Å². The molecule has 0 amide bonds. The fourth-order valence-electron chi connectivity index (χ4n) is 1.65. The van der Waals surface area contributed by atoms with Crippen molar-refractivity contribution in [2.45, 2.75) is 30.2 Å². The number of piperidine rings is 1. The predicted molar refractivity (Wildman–Crippen MR) is 61.4 cm³/mol. The zero-order valence-corrected chi connectivity index (χ0v) is 10.4. The molecule has 14 heavy (non-hydrogen) atoms. The molecule has 2 heterocycles. The van der Waals surface area contributed by atoms with Gasteiger partial charge in [-0.05, 0) is 25.9 Å². The quantitative estimate of drug-likeness (QED) is 0.617. The van der Waals surface area contributed by atoms with Gasteiger partial charge in [0.05, 0.1) is 6.54 Å². The number of halogens is 1. The highest BCUT2D eigenvalue weighted by Crippen LogP contribution is 2.19. The van der Waals surface area contributed by atoms with Crippen LogP contribution in [0.3, 0.4) is 0 Å². The molecule has 2 rings (SSSR count). The minimum atomic E-state index is 0.656. The smallest absolute Gasteiger partial charge is 0.230 e. The zero-order chi connectivity index (χ0) is 9.97. The van der Waals surface area contributed by atoms with Crippen molar-refractivity contribution in [2.75, 3.05) is 13.1 Å². The third-order valence-corrected chi connectivity index (χ3v) is 3.69. The van der Waals surface area contributed by atoms with E-state index < -0.39 is 0 Å². The molecular formula is C9H14IN3O. The van der Waals surface area contributed by atoms with E-state index in [9.17, 15) is 0 Å². The third kappa shape index (κ3) is 2.66. The van der Waals surface area contributed by atoms with Crippen LogP contribution in [0.4, 0.5) is 0 Å². The Kier molecular flexibility index (Phi) is 3.38. The van der Waals surface area contributed by atoms with E-state index in [0.29, 0.717) is 5.89 Å². The first-order chi connectivity index (χ1) is 6.74. The van der Waals surface area contributed by atoms with E-state index >= 15 is 0 Å². The van der Waals surface area contributed by atoms with Crippen molar-refractivity contribution in [1.82, 2.24) is 15.1 Å². The van der Waals surface area contributed by atoms with Gasteiger partial charge in [0.25, 0.3) is 0 Å². The summed E-state index contributed by atoms with van der Waals surface area (Å²) in [7, 11) is 0. The summed E-state index contributed by atoms with van der Waals surface area (Å²) in [6.45, 7) is 4.93.